The summed E-state index contributed by atoms with van der Waals surface area (Å²) in [5, 5.41) is 0.329. The molecule has 102 valence electrons. The van der Waals surface area contributed by atoms with E-state index in [1.165, 1.54) is 18.2 Å². The highest BCUT2D eigenvalue weighted by molar-refractivity contribution is 6.35. The zero-order valence-electron chi connectivity index (χ0n) is 9.47. The molecule has 1 rings (SSSR count). The molecule has 0 spiro atoms. The number of rotatable bonds is 4. The monoisotopic (exact) mass is 301 g/mol. The van der Waals surface area contributed by atoms with E-state index in [2.05, 4.69) is 0 Å². The Morgan fingerprint density at radius 3 is 2.39 bits per heavy atom. The van der Waals surface area contributed by atoms with Gasteiger partial charge in [-0.25, -0.2) is 0 Å². The average molecular weight is 302 g/mol. The molecule has 1 aromatic rings. The number of halogens is 5. The van der Waals surface area contributed by atoms with Gasteiger partial charge in [0.05, 0.1) is 11.1 Å². The van der Waals surface area contributed by atoms with E-state index in [4.69, 9.17) is 33.7 Å². The molecule has 2 N–H and O–H groups in total. The number of benzene rings is 1. The molecule has 0 aliphatic carbocycles. The molecule has 2 atom stereocenters. The summed E-state index contributed by atoms with van der Waals surface area (Å²) < 4.78 is 43.2. The summed E-state index contributed by atoms with van der Waals surface area (Å²) in [5.41, 5.74) is 5.42. The first-order valence-electron chi connectivity index (χ1n) is 5.19. The van der Waals surface area contributed by atoms with Gasteiger partial charge in [0.2, 0.25) is 6.10 Å². The third-order valence-electron chi connectivity index (χ3n) is 2.33. The Kier molecular flexibility index (Phi) is 5.13. The number of hydrogen-bond donors (Lipinski definition) is 1. The van der Waals surface area contributed by atoms with E-state index in [0.29, 0.717) is 5.02 Å². The van der Waals surface area contributed by atoms with Crippen LogP contribution >= 0.6 is 23.2 Å². The molecule has 0 fully saturated rings. The van der Waals surface area contributed by atoms with Crippen molar-refractivity contribution in [2.45, 2.75) is 31.7 Å². The van der Waals surface area contributed by atoms with Crippen LogP contribution in [-0.4, -0.2) is 18.3 Å². The van der Waals surface area contributed by atoms with Crippen molar-refractivity contribution in [3.63, 3.8) is 0 Å². The number of hydrogen-bond acceptors (Lipinski definition) is 2. The average Bonchev–Trinajstić information content (AvgIpc) is 2.25. The summed E-state index contributed by atoms with van der Waals surface area (Å²) in [6.07, 6.45) is -6.52. The molecule has 0 saturated carbocycles. The van der Waals surface area contributed by atoms with Gasteiger partial charge in [0, 0.05) is 5.02 Å². The predicted molar refractivity (Wildman–Crippen MR) is 65.2 cm³/mol. The Hall–Kier alpha value is -0.650. The van der Waals surface area contributed by atoms with Crippen LogP contribution in [0.3, 0.4) is 0 Å². The minimum absolute atomic E-state index is 0.0139. The molecule has 0 aromatic heterocycles. The highest BCUT2D eigenvalue weighted by atomic mass is 35.5. The lowest BCUT2D eigenvalue weighted by Gasteiger charge is -2.26. The second-order valence-corrected chi connectivity index (χ2v) is 4.57. The molecule has 0 amide bonds. The van der Waals surface area contributed by atoms with E-state index in [-0.39, 0.29) is 17.2 Å². The van der Waals surface area contributed by atoms with Crippen LogP contribution in [0, 0.1) is 0 Å². The maximum absolute atomic E-state index is 12.8. The van der Waals surface area contributed by atoms with Crippen LogP contribution in [-0.2, 0) is 0 Å². The Morgan fingerprint density at radius 1 is 1.33 bits per heavy atom. The fourth-order valence-electron chi connectivity index (χ4n) is 1.32. The van der Waals surface area contributed by atoms with Crippen molar-refractivity contribution >= 4 is 23.2 Å². The van der Waals surface area contributed by atoms with Gasteiger partial charge in [0.25, 0.3) is 0 Å². The van der Waals surface area contributed by atoms with Gasteiger partial charge in [0.1, 0.15) is 5.75 Å². The lowest BCUT2D eigenvalue weighted by Crippen LogP contribution is -2.48. The SMILES string of the molecule is CCC(N)C(Oc1ccc(Cl)cc1Cl)C(F)(F)F. The lowest BCUT2D eigenvalue weighted by molar-refractivity contribution is -0.200. The molecule has 0 aliphatic rings. The van der Waals surface area contributed by atoms with Gasteiger partial charge in [-0.3, -0.25) is 0 Å². The zero-order valence-corrected chi connectivity index (χ0v) is 11.0. The normalized spacial score (nSPS) is 15.3. The summed E-state index contributed by atoms with van der Waals surface area (Å²) in [6.45, 7) is 1.55. The highest BCUT2D eigenvalue weighted by Gasteiger charge is 2.45. The highest BCUT2D eigenvalue weighted by Crippen LogP contribution is 2.33. The first kappa shape index (κ1) is 15.4. The Balaban J connectivity index is 2.96. The van der Waals surface area contributed by atoms with Crippen LogP contribution in [0.4, 0.5) is 13.2 Å². The molecule has 2 unspecified atom stereocenters. The largest absolute Gasteiger partial charge is 0.478 e. The van der Waals surface area contributed by atoms with Crippen LogP contribution in [0.5, 0.6) is 5.75 Å². The summed E-state index contributed by atoms with van der Waals surface area (Å²) in [7, 11) is 0. The molecule has 2 nitrogen and oxygen atoms in total. The third kappa shape index (κ3) is 3.93. The maximum Gasteiger partial charge on any atom is 0.426 e. The second kappa shape index (κ2) is 5.99. The zero-order chi connectivity index (χ0) is 13.9. The Morgan fingerprint density at radius 2 is 1.94 bits per heavy atom. The molecule has 0 radical (unpaired) electrons. The molecule has 7 heteroatoms. The van der Waals surface area contributed by atoms with Gasteiger partial charge < -0.3 is 10.5 Å². The first-order valence-corrected chi connectivity index (χ1v) is 5.95. The van der Waals surface area contributed by atoms with Crippen molar-refractivity contribution in [3.05, 3.63) is 28.2 Å². The second-order valence-electron chi connectivity index (χ2n) is 3.73. The fourth-order valence-corrected chi connectivity index (χ4v) is 1.77. The van der Waals surface area contributed by atoms with Crippen LogP contribution in [0.15, 0.2) is 18.2 Å². The van der Waals surface area contributed by atoms with Crippen molar-refractivity contribution in [2.75, 3.05) is 0 Å². The Labute approximate surface area is 113 Å². The minimum Gasteiger partial charge on any atom is -0.478 e. The molecule has 1 aromatic carbocycles. The molecule has 18 heavy (non-hydrogen) atoms. The smallest absolute Gasteiger partial charge is 0.426 e. The first-order chi connectivity index (χ1) is 8.25. The van der Waals surface area contributed by atoms with Crippen LogP contribution in [0.2, 0.25) is 10.0 Å². The van der Waals surface area contributed by atoms with E-state index in [1.54, 1.807) is 6.92 Å². The molecule has 0 aliphatic heterocycles. The van der Waals surface area contributed by atoms with Crippen LogP contribution < -0.4 is 10.5 Å². The fraction of sp³-hybridized carbons (Fsp3) is 0.455. The summed E-state index contributed by atoms with van der Waals surface area (Å²) in [6, 6.07) is 2.83. The van der Waals surface area contributed by atoms with E-state index >= 15 is 0 Å². The van der Waals surface area contributed by atoms with E-state index in [1.807, 2.05) is 0 Å². The van der Waals surface area contributed by atoms with Gasteiger partial charge >= 0.3 is 6.18 Å². The summed E-state index contributed by atoms with van der Waals surface area (Å²) in [4.78, 5) is 0. The molecular weight excluding hydrogens is 290 g/mol. The van der Waals surface area contributed by atoms with Crippen molar-refractivity contribution in [1.82, 2.24) is 0 Å². The van der Waals surface area contributed by atoms with Crippen molar-refractivity contribution in [3.8, 4) is 5.75 Å². The summed E-state index contributed by atoms with van der Waals surface area (Å²) >= 11 is 11.4. The predicted octanol–water partition coefficient (Wildman–Crippen LogP) is 4.04. The molecular formula is C11H12Cl2F3NO. The molecule has 0 saturated heterocycles. The van der Waals surface area contributed by atoms with E-state index in [0.717, 1.165) is 0 Å². The quantitative estimate of drug-likeness (QED) is 0.911. The Bertz CT molecular complexity index is 412. The van der Waals surface area contributed by atoms with Crippen molar-refractivity contribution in [2.24, 2.45) is 5.73 Å². The third-order valence-corrected chi connectivity index (χ3v) is 2.86. The van der Waals surface area contributed by atoms with Gasteiger partial charge in [-0.15, -0.1) is 0 Å². The topological polar surface area (TPSA) is 35.2 Å². The number of alkyl halides is 3. The van der Waals surface area contributed by atoms with Gasteiger partial charge in [-0.1, -0.05) is 30.1 Å². The maximum atomic E-state index is 12.8. The van der Waals surface area contributed by atoms with Crippen LogP contribution in [0.1, 0.15) is 13.3 Å². The van der Waals surface area contributed by atoms with Crippen molar-refractivity contribution in [1.29, 1.82) is 0 Å². The van der Waals surface area contributed by atoms with E-state index < -0.39 is 18.3 Å². The van der Waals surface area contributed by atoms with Crippen LogP contribution in [0.25, 0.3) is 0 Å². The lowest BCUT2D eigenvalue weighted by atomic mass is 10.1. The molecule has 0 heterocycles. The van der Waals surface area contributed by atoms with Gasteiger partial charge in [-0.05, 0) is 24.6 Å². The minimum atomic E-state index is -4.56. The summed E-state index contributed by atoms with van der Waals surface area (Å²) in [5.74, 6) is -0.0905. The van der Waals surface area contributed by atoms with Gasteiger partial charge in [0.15, 0.2) is 0 Å². The van der Waals surface area contributed by atoms with E-state index in [9.17, 15) is 13.2 Å². The molecule has 0 bridgehead atoms. The van der Waals surface area contributed by atoms with Gasteiger partial charge in [-0.2, -0.15) is 13.2 Å². The number of ether oxygens (including phenoxy) is 1. The standard InChI is InChI=1S/C11H12Cl2F3NO/c1-2-8(17)10(11(14,15)16)18-9-4-3-6(12)5-7(9)13/h3-5,8,10H,2,17H2,1H3. The number of nitrogens with two attached hydrogens (primary N) is 1. The van der Waals surface area contributed by atoms with Crippen molar-refractivity contribution < 1.29 is 17.9 Å².